The molecule has 5 heterocycles. The van der Waals surface area contributed by atoms with E-state index in [1.807, 2.05) is 129 Å². The Labute approximate surface area is 302 Å². The quantitative estimate of drug-likeness (QED) is 0.131. The van der Waals surface area contributed by atoms with Crippen LogP contribution in [0.3, 0.4) is 0 Å². The molecule has 8 rings (SSSR count). The van der Waals surface area contributed by atoms with E-state index < -0.39 is 0 Å². The molecule has 0 saturated carbocycles. The average Bonchev–Trinajstić information content (AvgIpc) is 3.93. The Morgan fingerprint density at radius 1 is 0.640 bits per heavy atom. The first kappa shape index (κ1) is 32.8. The van der Waals surface area contributed by atoms with E-state index in [2.05, 4.69) is 0 Å². The summed E-state index contributed by atoms with van der Waals surface area (Å²) in [4.78, 5) is 47.9. The van der Waals surface area contributed by atoms with Crippen LogP contribution in [0.15, 0.2) is 108 Å². The molecule has 238 valence electrons. The maximum Gasteiger partial charge on any atom is 2.00 e. The summed E-state index contributed by atoms with van der Waals surface area (Å²) < 4.78 is 6.12. The third kappa shape index (κ3) is 5.93. The Bertz CT molecular complexity index is 2450. The van der Waals surface area contributed by atoms with Crippen LogP contribution in [0.5, 0.6) is 0 Å². The van der Waals surface area contributed by atoms with Gasteiger partial charge in [0.15, 0.2) is 11.5 Å². The van der Waals surface area contributed by atoms with Crippen LogP contribution >= 0.6 is 0 Å². The first-order valence-electron chi connectivity index (χ1n) is 16.2. The van der Waals surface area contributed by atoms with Crippen LogP contribution in [0, 0.1) is 0 Å². The number of fused-ring (bicyclic) bond motifs is 8. The fourth-order valence-corrected chi connectivity index (χ4v) is 6.40. The number of hydrogen-bond donors (Lipinski definition) is 0. The van der Waals surface area contributed by atoms with Crippen molar-refractivity contribution in [1.29, 1.82) is 0 Å². The van der Waals surface area contributed by atoms with Crippen LogP contribution in [0.25, 0.3) is 74.2 Å². The van der Waals surface area contributed by atoms with Crippen molar-refractivity contribution in [3.8, 4) is 22.3 Å². The fourth-order valence-electron chi connectivity index (χ4n) is 6.40. The van der Waals surface area contributed by atoms with Crippen molar-refractivity contribution in [3.63, 3.8) is 0 Å². The van der Waals surface area contributed by atoms with E-state index in [0.29, 0.717) is 33.6 Å². The summed E-state index contributed by atoms with van der Waals surface area (Å²) in [5.41, 5.74) is 9.76. The number of nitrogens with zero attached hydrogens (tertiary/aromatic N) is 4. The third-order valence-electron chi connectivity index (χ3n) is 8.55. The van der Waals surface area contributed by atoms with Gasteiger partial charge in [-0.3, -0.25) is 9.59 Å². The number of benzene rings is 2. The molecule has 0 amide bonds. The SMILES string of the molecule is CC1=CC(=O)C(c2c3nc(c(-c4ccccc4)c4ccc(cc5nc(c(-c6ccccc6)c6ccc2[n-]6)C=C5)[n-]4)C=C3)=C(OC(C)C)C1=O.[Zn+2]. The molecule has 2 aromatic carbocycles. The molecule has 8 heteroatoms. The number of ketones is 2. The van der Waals surface area contributed by atoms with Crippen LogP contribution in [0.4, 0.5) is 0 Å². The van der Waals surface area contributed by atoms with Gasteiger partial charge in [-0.05, 0) is 73.4 Å². The van der Waals surface area contributed by atoms with Gasteiger partial charge in [0.25, 0.3) is 0 Å². The molecule has 0 fully saturated rings. The molecular formula is C42H30N4O3Zn. The molecule has 5 aromatic rings. The first-order chi connectivity index (χ1) is 23.8. The number of Topliss-reactive ketones (excluding diaryl/α,β-unsaturated/α-hetero) is 1. The summed E-state index contributed by atoms with van der Waals surface area (Å²) in [6, 6.07) is 29.6. The zero-order valence-electron chi connectivity index (χ0n) is 27.8. The van der Waals surface area contributed by atoms with E-state index in [-0.39, 0.29) is 48.5 Å². The van der Waals surface area contributed by atoms with Crippen molar-refractivity contribution in [2.45, 2.75) is 26.9 Å². The monoisotopic (exact) mass is 702 g/mol. The standard InChI is InChI=1S/C42H32N4O3.Zn/c1-24(2)49-42-40(36(47)22-25(3)41(42)48)39-34-20-18-32(45-34)37(26-10-6-4-7-11-26)30-16-14-28(43-30)23-29-15-17-31(44-29)38(27-12-8-5-9-13-27)33-19-21-35(39)46-33;/h4-24H,1-3H3,(H2,43,44,45,46,47,48);/q;+2/p-2. The van der Waals surface area contributed by atoms with E-state index in [1.165, 1.54) is 6.08 Å². The average molecular weight is 704 g/mol. The predicted molar refractivity (Wildman–Crippen MR) is 195 cm³/mol. The molecular weight excluding hydrogens is 674 g/mol. The molecule has 0 N–H and O–H groups in total. The number of carbonyl (C=O) groups excluding carboxylic acids is 2. The topological polar surface area (TPSA) is 97.4 Å². The van der Waals surface area contributed by atoms with Crippen LogP contribution in [-0.2, 0) is 33.8 Å². The Kier molecular flexibility index (Phi) is 8.73. The Morgan fingerprint density at radius 2 is 1.18 bits per heavy atom. The largest absolute Gasteiger partial charge is 2.00 e. The van der Waals surface area contributed by atoms with Gasteiger partial charge in [0.05, 0.1) is 34.5 Å². The maximum atomic E-state index is 14.0. The van der Waals surface area contributed by atoms with E-state index >= 15 is 0 Å². The number of allylic oxidation sites excluding steroid dienone is 3. The van der Waals surface area contributed by atoms with Crippen molar-refractivity contribution in [2.24, 2.45) is 0 Å². The van der Waals surface area contributed by atoms with Gasteiger partial charge in [0.2, 0.25) is 5.78 Å². The van der Waals surface area contributed by atoms with Crippen molar-refractivity contribution in [1.82, 2.24) is 19.9 Å². The minimum absolute atomic E-state index is 0. The Morgan fingerprint density at radius 3 is 1.82 bits per heavy atom. The summed E-state index contributed by atoms with van der Waals surface area (Å²) >= 11 is 0. The molecule has 0 radical (unpaired) electrons. The second-order valence-corrected chi connectivity index (χ2v) is 12.3. The minimum Gasteiger partial charge on any atom is -0.657 e. The first-order valence-corrected chi connectivity index (χ1v) is 16.2. The number of hydrogen-bond acceptors (Lipinski definition) is 5. The summed E-state index contributed by atoms with van der Waals surface area (Å²) in [7, 11) is 0. The van der Waals surface area contributed by atoms with Crippen molar-refractivity contribution >= 4 is 63.5 Å². The number of aromatic nitrogens is 4. The van der Waals surface area contributed by atoms with Crippen molar-refractivity contribution in [2.75, 3.05) is 0 Å². The molecule has 2 aliphatic heterocycles. The van der Waals surface area contributed by atoms with Gasteiger partial charge < -0.3 is 14.7 Å². The molecule has 1 aliphatic carbocycles. The number of ether oxygens (including phenoxy) is 1. The molecule has 0 spiro atoms. The van der Waals surface area contributed by atoms with Gasteiger partial charge in [-0.15, -0.1) is 22.1 Å². The Balaban J connectivity index is 0.00000392. The van der Waals surface area contributed by atoms with Crippen LogP contribution in [-0.4, -0.2) is 27.6 Å². The van der Waals surface area contributed by atoms with E-state index in [4.69, 9.17) is 24.7 Å². The zero-order chi connectivity index (χ0) is 33.6. The molecule has 0 atom stereocenters. The molecule has 8 bridgehead atoms. The maximum absolute atomic E-state index is 14.0. The van der Waals surface area contributed by atoms with Gasteiger partial charge >= 0.3 is 19.5 Å². The molecule has 3 aliphatic rings. The van der Waals surface area contributed by atoms with Gasteiger partial charge in [-0.25, -0.2) is 9.97 Å². The summed E-state index contributed by atoms with van der Waals surface area (Å²) in [6.45, 7) is 5.29. The van der Waals surface area contributed by atoms with Crippen LogP contribution in [0.2, 0.25) is 0 Å². The van der Waals surface area contributed by atoms with Gasteiger partial charge in [-0.2, -0.15) is 0 Å². The third-order valence-corrected chi connectivity index (χ3v) is 8.55. The van der Waals surface area contributed by atoms with E-state index in [1.54, 1.807) is 6.92 Å². The molecule has 0 unspecified atom stereocenters. The molecule has 0 saturated heterocycles. The summed E-state index contributed by atoms with van der Waals surface area (Å²) in [5, 5.41) is 0. The molecule has 7 nitrogen and oxygen atoms in total. The molecule has 50 heavy (non-hydrogen) atoms. The number of carbonyl (C=O) groups is 2. The summed E-state index contributed by atoms with van der Waals surface area (Å²) in [6.07, 6.45) is 8.76. The zero-order valence-corrected chi connectivity index (χ0v) is 30.8. The number of rotatable bonds is 5. The minimum atomic E-state index is -0.353. The normalized spacial score (nSPS) is 13.9. The van der Waals surface area contributed by atoms with Gasteiger partial charge in [0.1, 0.15) is 0 Å². The van der Waals surface area contributed by atoms with Crippen LogP contribution in [0.1, 0.15) is 49.1 Å². The Hall–Kier alpha value is -5.72. The van der Waals surface area contributed by atoms with Gasteiger partial charge in [-0.1, -0.05) is 91.0 Å². The smallest absolute Gasteiger partial charge is 0.657 e. The summed E-state index contributed by atoms with van der Waals surface area (Å²) in [5.74, 6) is -0.683. The predicted octanol–water partition coefficient (Wildman–Crippen LogP) is 8.48. The van der Waals surface area contributed by atoms with Gasteiger partial charge in [0, 0.05) is 11.1 Å². The van der Waals surface area contributed by atoms with E-state index in [9.17, 15) is 9.59 Å². The molecule has 3 aromatic heterocycles. The van der Waals surface area contributed by atoms with Crippen molar-refractivity contribution < 1.29 is 33.8 Å². The van der Waals surface area contributed by atoms with Crippen molar-refractivity contribution in [3.05, 3.63) is 137 Å². The second kappa shape index (κ2) is 13.3. The van der Waals surface area contributed by atoms with Crippen LogP contribution < -0.4 is 9.97 Å². The van der Waals surface area contributed by atoms with E-state index in [0.717, 1.165) is 44.7 Å². The fraction of sp³-hybridized carbons (Fsp3) is 0.0952. The second-order valence-electron chi connectivity index (χ2n) is 12.3.